The molecule has 1 aromatic heterocycles. The van der Waals surface area contributed by atoms with Crippen LogP contribution in [0.15, 0.2) is 24.3 Å². The number of para-hydroxylation sites is 1. The highest BCUT2D eigenvalue weighted by Crippen LogP contribution is 2.22. The number of hydrogen-bond donors (Lipinski definition) is 0. The summed E-state index contributed by atoms with van der Waals surface area (Å²) in [4.78, 5) is 10.9. The van der Waals surface area contributed by atoms with Crippen LogP contribution in [0.25, 0.3) is 5.69 Å². The molecule has 0 aliphatic carbocycles. The van der Waals surface area contributed by atoms with Gasteiger partial charge >= 0.3 is 0 Å². The van der Waals surface area contributed by atoms with Gasteiger partial charge in [-0.05, 0) is 26.0 Å². The van der Waals surface area contributed by atoms with E-state index in [9.17, 15) is 4.79 Å². The van der Waals surface area contributed by atoms with E-state index in [0.29, 0.717) is 16.3 Å². The van der Waals surface area contributed by atoms with Crippen LogP contribution >= 0.6 is 11.6 Å². The number of carbonyl (C=O) groups is 1. The first kappa shape index (κ1) is 10.9. The third-order valence-electron chi connectivity index (χ3n) is 2.55. The highest BCUT2D eigenvalue weighted by molar-refractivity contribution is 6.32. The maximum absolute atomic E-state index is 10.9. The second-order valence-electron chi connectivity index (χ2n) is 3.57. The lowest BCUT2D eigenvalue weighted by atomic mass is 10.2. The van der Waals surface area contributed by atoms with Crippen LogP contribution in [0, 0.1) is 13.8 Å². The molecule has 0 fully saturated rings. The predicted octanol–water partition coefficient (Wildman–Crippen LogP) is 2.96. The van der Waals surface area contributed by atoms with Crippen LogP contribution in [0.1, 0.15) is 21.7 Å². The highest BCUT2D eigenvalue weighted by atomic mass is 35.5. The Balaban J connectivity index is 2.66. The fourth-order valence-corrected chi connectivity index (χ4v) is 1.90. The zero-order valence-electron chi connectivity index (χ0n) is 9.07. The van der Waals surface area contributed by atoms with E-state index >= 15 is 0 Å². The van der Waals surface area contributed by atoms with E-state index in [1.165, 1.54) is 0 Å². The van der Waals surface area contributed by atoms with Crippen molar-refractivity contribution in [2.45, 2.75) is 13.8 Å². The summed E-state index contributed by atoms with van der Waals surface area (Å²) in [5.41, 5.74) is 2.94. The molecule has 0 atom stereocenters. The molecule has 0 aliphatic rings. The Hall–Kier alpha value is -1.61. The van der Waals surface area contributed by atoms with E-state index < -0.39 is 0 Å². The molecule has 0 amide bonds. The summed E-state index contributed by atoms with van der Waals surface area (Å²) in [6.07, 6.45) is 0.824. The smallest absolute Gasteiger partial charge is 0.153 e. The zero-order chi connectivity index (χ0) is 11.7. The average Bonchev–Trinajstić information content (AvgIpc) is 2.55. The summed E-state index contributed by atoms with van der Waals surface area (Å²) < 4.78 is 1.70. The molecular weight excluding hydrogens is 224 g/mol. The Morgan fingerprint density at radius 2 is 2.00 bits per heavy atom. The van der Waals surface area contributed by atoms with Crippen molar-refractivity contribution in [1.82, 2.24) is 9.78 Å². The van der Waals surface area contributed by atoms with E-state index in [1.54, 1.807) is 10.7 Å². The molecule has 4 heteroatoms. The maximum atomic E-state index is 10.9. The van der Waals surface area contributed by atoms with Crippen molar-refractivity contribution in [3.63, 3.8) is 0 Å². The van der Waals surface area contributed by atoms with Crippen molar-refractivity contribution in [1.29, 1.82) is 0 Å². The molecule has 0 unspecified atom stereocenters. The second-order valence-corrected chi connectivity index (χ2v) is 3.97. The topological polar surface area (TPSA) is 34.9 Å². The number of carbonyl (C=O) groups excluding carboxylic acids is 1. The number of aromatic nitrogens is 2. The van der Waals surface area contributed by atoms with Gasteiger partial charge in [0.05, 0.1) is 27.7 Å². The fourth-order valence-electron chi connectivity index (χ4n) is 1.68. The molecule has 82 valence electrons. The van der Waals surface area contributed by atoms with Crippen LogP contribution in [0.2, 0.25) is 5.02 Å². The molecule has 3 nitrogen and oxygen atoms in total. The number of aldehydes is 1. The molecule has 0 bridgehead atoms. The molecular formula is C12H11ClN2O. The third-order valence-corrected chi connectivity index (χ3v) is 2.87. The number of nitrogens with zero attached hydrogens (tertiary/aromatic N) is 2. The van der Waals surface area contributed by atoms with Crippen LogP contribution in [0.5, 0.6) is 0 Å². The van der Waals surface area contributed by atoms with Crippen molar-refractivity contribution in [3.8, 4) is 5.69 Å². The maximum Gasteiger partial charge on any atom is 0.153 e. The van der Waals surface area contributed by atoms with Gasteiger partial charge in [-0.25, -0.2) is 4.68 Å². The molecule has 16 heavy (non-hydrogen) atoms. The summed E-state index contributed by atoms with van der Waals surface area (Å²) in [6, 6.07) is 7.42. The van der Waals surface area contributed by atoms with Gasteiger partial charge in [-0.15, -0.1) is 0 Å². The number of rotatable bonds is 2. The van der Waals surface area contributed by atoms with Crippen molar-refractivity contribution < 1.29 is 4.79 Å². The lowest BCUT2D eigenvalue weighted by Gasteiger charge is -2.05. The molecule has 1 heterocycles. The van der Waals surface area contributed by atoms with Gasteiger partial charge in [0.2, 0.25) is 0 Å². The first-order valence-corrected chi connectivity index (χ1v) is 5.29. The van der Waals surface area contributed by atoms with Crippen molar-refractivity contribution >= 4 is 17.9 Å². The molecule has 0 aliphatic heterocycles. The number of halogens is 1. The predicted molar refractivity (Wildman–Crippen MR) is 63.4 cm³/mol. The summed E-state index contributed by atoms with van der Waals surface area (Å²) in [5.74, 6) is 0. The van der Waals surface area contributed by atoms with Gasteiger partial charge in [-0.3, -0.25) is 4.79 Å². The minimum atomic E-state index is 0.616. The monoisotopic (exact) mass is 234 g/mol. The molecule has 0 radical (unpaired) electrons. The lowest BCUT2D eigenvalue weighted by Crippen LogP contribution is -2.00. The largest absolute Gasteiger partial charge is 0.298 e. The first-order chi connectivity index (χ1) is 7.65. The number of aryl methyl sites for hydroxylation is 1. The van der Waals surface area contributed by atoms with Crippen molar-refractivity contribution in [2.75, 3.05) is 0 Å². The molecule has 2 rings (SSSR count). The molecule has 0 N–H and O–H groups in total. The van der Waals surface area contributed by atoms with Gasteiger partial charge in [0.15, 0.2) is 6.29 Å². The van der Waals surface area contributed by atoms with E-state index in [0.717, 1.165) is 17.7 Å². The highest BCUT2D eigenvalue weighted by Gasteiger charge is 2.13. The van der Waals surface area contributed by atoms with E-state index in [2.05, 4.69) is 5.10 Å². The average molecular weight is 235 g/mol. The number of hydrogen-bond acceptors (Lipinski definition) is 2. The Morgan fingerprint density at radius 3 is 2.56 bits per heavy atom. The van der Waals surface area contributed by atoms with Gasteiger partial charge in [-0.2, -0.15) is 5.10 Å². The third kappa shape index (κ3) is 1.63. The van der Waals surface area contributed by atoms with E-state index in [4.69, 9.17) is 11.6 Å². The van der Waals surface area contributed by atoms with Gasteiger partial charge in [-0.1, -0.05) is 23.7 Å². The van der Waals surface area contributed by atoms with Crippen LogP contribution in [0.4, 0.5) is 0 Å². The Morgan fingerprint density at radius 1 is 1.31 bits per heavy atom. The summed E-state index contributed by atoms with van der Waals surface area (Å²) in [6.45, 7) is 3.66. The van der Waals surface area contributed by atoms with Crippen LogP contribution in [-0.2, 0) is 0 Å². The summed E-state index contributed by atoms with van der Waals surface area (Å²) >= 11 is 6.09. The standard InChI is InChI=1S/C12H11ClN2O/c1-8-10(7-16)9(2)15(14-8)12-6-4-3-5-11(12)13/h3-7H,1-2H3. The van der Waals surface area contributed by atoms with Gasteiger partial charge < -0.3 is 0 Å². The fraction of sp³-hybridized carbons (Fsp3) is 0.167. The number of benzene rings is 1. The zero-order valence-corrected chi connectivity index (χ0v) is 9.82. The minimum absolute atomic E-state index is 0.616. The lowest BCUT2D eigenvalue weighted by molar-refractivity contribution is 0.112. The summed E-state index contributed by atoms with van der Waals surface area (Å²) in [5, 5.41) is 4.93. The van der Waals surface area contributed by atoms with Gasteiger partial charge in [0.1, 0.15) is 0 Å². The van der Waals surface area contributed by atoms with Crippen molar-refractivity contribution in [2.24, 2.45) is 0 Å². The first-order valence-electron chi connectivity index (χ1n) is 4.91. The van der Waals surface area contributed by atoms with Crippen molar-refractivity contribution in [3.05, 3.63) is 46.2 Å². The van der Waals surface area contributed by atoms with Gasteiger partial charge in [0.25, 0.3) is 0 Å². The Bertz CT molecular complexity index is 546. The molecule has 0 saturated heterocycles. The molecule has 0 saturated carbocycles. The second kappa shape index (κ2) is 4.10. The van der Waals surface area contributed by atoms with Crippen LogP contribution in [0.3, 0.4) is 0 Å². The van der Waals surface area contributed by atoms with Crippen LogP contribution < -0.4 is 0 Å². The minimum Gasteiger partial charge on any atom is -0.298 e. The molecule has 1 aromatic carbocycles. The van der Waals surface area contributed by atoms with E-state index in [-0.39, 0.29) is 0 Å². The van der Waals surface area contributed by atoms with Gasteiger partial charge in [0, 0.05) is 0 Å². The Kier molecular flexibility index (Phi) is 2.79. The normalized spacial score (nSPS) is 10.4. The van der Waals surface area contributed by atoms with E-state index in [1.807, 2.05) is 32.0 Å². The SMILES string of the molecule is Cc1nn(-c2ccccc2Cl)c(C)c1C=O. The molecule has 2 aromatic rings. The molecule has 0 spiro atoms. The summed E-state index contributed by atoms with van der Waals surface area (Å²) in [7, 11) is 0. The van der Waals surface area contributed by atoms with Crippen LogP contribution in [-0.4, -0.2) is 16.1 Å². The Labute approximate surface area is 98.7 Å². The quantitative estimate of drug-likeness (QED) is 0.749.